The highest BCUT2D eigenvalue weighted by molar-refractivity contribution is 5.36. The van der Waals surface area contributed by atoms with Gasteiger partial charge in [-0.2, -0.15) is 18.4 Å². The van der Waals surface area contributed by atoms with Crippen LogP contribution in [0.5, 0.6) is 0 Å². The van der Waals surface area contributed by atoms with E-state index in [2.05, 4.69) is 4.98 Å². The summed E-state index contributed by atoms with van der Waals surface area (Å²) in [5.41, 5.74) is -0.505. The van der Waals surface area contributed by atoms with Gasteiger partial charge in [-0.1, -0.05) is 6.92 Å². The quantitative estimate of drug-likeness (QED) is 0.698. The molecule has 0 fully saturated rings. The van der Waals surface area contributed by atoms with Gasteiger partial charge in [0.1, 0.15) is 6.07 Å². The van der Waals surface area contributed by atoms with Crippen molar-refractivity contribution in [2.24, 2.45) is 0 Å². The maximum atomic E-state index is 12.2. The number of rotatable bonds is 1. The van der Waals surface area contributed by atoms with Crippen LogP contribution in [-0.4, -0.2) is 4.98 Å². The molecule has 1 aromatic heterocycles. The largest absolute Gasteiger partial charge is 0.417 e. The zero-order valence-electron chi connectivity index (χ0n) is 7.39. The molecule has 14 heavy (non-hydrogen) atoms. The Hall–Kier alpha value is -1.57. The summed E-state index contributed by atoms with van der Waals surface area (Å²) in [6, 6.07) is 2.52. The zero-order valence-corrected chi connectivity index (χ0v) is 7.39. The van der Waals surface area contributed by atoms with Crippen LogP contribution in [0.15, 0.2) is 12.3 Å². The van der Waals surface area contributed by atoms with Gasteiger partial charge in [-0.15, -0.1) is 0 Å². The second kappa shape index (κ2) is 3.66. The number of hydrogen-bond acceptors (Lipinski definition) is 2. The van der Waals surface area contributed by atoms with Crippen molar-refractivity contribution in [3.63, 3.8) is 0 Å². The number of nitrogens with zero attached hydrogens (tertiary/aromatic N) is 2. The Balaban J connectivity index is 3.23. The van der Waals surface area contributed by atoms with E-state index in [4.69, 9.17) is 5.26 Å². The first-order valence-corrected chi connectivity index (χ1v) is 3.95. The third-order valence-electron chi connectivity index (χ3n) is 1.75. The van der Waals surface area contributed by atoms with Crippen molar-refractivity contribution >= 4 is 0 Å². The predicted octanol–water partition coefficient (Wildman–Crippen LogP) is 2.53. The first-order chi connectivity index (χ1) is 6.49. The van der Waals surface area contributed by atoms with E-state index in [0.29, 0.717) is 12.1 Å². The minimum atomic E-state index is -4.44. The van der Waals surface area contributed by atoms with Crippen LogP contribution in [0.25, 0.3) is 0 Å². The van der Waals surface area contributed by atoms with Gasteiger partial charge in [0.2, 0.25) is 0 Å². The molecule has 0 bridgehead atoms. The van der Waals surface area contributed by atoms with Crippen molar-refractivity contribution in [3.05, 3.63) is 29.1 Å². The summed E-state index contributed by atoms with van der Waals surface area (Å²) in [5, 5.41) is 8.58. The van der Waals surface area contributed by atoms with Crippen LogP contribution in [0.4, 0.5) is 13.2 Å². The molecular formula is C9H7F3N2. The van der Waals surface area contributed by atoms with Crippen LogP contribution < -0.4 is 0 Å². The fourth-order valence-corrected chi connectivity index (χ4v) is 1.03. The van der Waals surface area contributed by atoms with Crippen molar-refractivity contribution in [3.8, 4) is 6.07 Å². The number of hydrogen-bond donors (Lipinski definition) is 0. The van der Waals surface area contributed by atoms with Crippen LogP contribution in [0, 0.1) is 11.3 Å². The van der Waals surface area contributed by atoms with Gasteiger partial charge in [0, 0.05) is 6.20 Å². The molecule has 0 aliphatic heterocycles. The molecule has 0 saturated heterocycles. The summed E-state index contributed by atoms with van der Waals surface area (Å²) >= 11 is 0. The molecule has 0 aromatic carbocycles. The van der Waals surface area contributed by atoms with Gasteiger partial charge in [0.15, 0.2) is 0 Å². The fraction of sp³-hybridized carbons (Fsp3) is 0.333. The average molecular weight is 200 g/mol. The van der Waals surface area contributed by atoms with Gasteiger partial charge in [0.05, 0.1) is 16.8 Å². The number of halogens is 3. The normalized spacial score (nSPS) is 11.1. The Morgan fingerprint density at radius 2 is 2.14 bits per heavy atom. The van der Waals surface area contributed by atoms with E-state index in [1.165, 1.54) is 0 Å². The van der Waals surface area contributed by atoms with E-state index >= 15 is 0 Å². The molecule has 1 aromatic rings. The molecule has 5 heteroatoms. The number of alkyl halides is 3. The Labute approximate surface area is 79.0 Å². The maximum Gasteiger partial charge on any atom is 0.417 e. The van der Waals surface area contributed by atoms with Gasteiger partial charge in [-0.05, 0) is 12.5 Å². The van der Waals surface area contributed by atoms with Crippen molar-refractivity contribution in [2.45, 2.75) is 19.5 Å². The predicted molar refractivity (Wildman–Crippen MR) is 43.3 cm³/mol. The van der Waals surface area contributed by atoms with E-state index in [-0.39, 0.29) is 5.56 Å². The Morgan fingerprint density at radius 3 is 2.57 bits per heavy atom. The Kier molecular flexibility index (Phi) is 2.75. The van der Waals surface area contributed by atoms with E-state index in [0.717, 1.165) is 12.3 Å². The van der Waals surface area contributed by atoms with Gasteiger partial charge in [0.25, 0.3) is 0 Å². The molecule has 2 nitrogen and oxygen atoms in total. The molecular weight excluding hydrogens is 193 g/mol. The van der Waals surface area contributed by atoms with E-state index in [1.54, 1.807) is 13.0 Å². The standard InChI is InChI=1S/C9H7F3N2/c1-2-8-6(4-13)3-7(5-14-8)9(10,11)12/h3,5H,2H2,1H3. The lowest BCUT2D eigenvalue weighted by molar-refractivity contribution is -0.137. The third-order valence-corrected chi connectivity index (χ3v) is 1.75. The van der Waals surface area contributed by atoms with E-state index in [1.807, 2.05) is 0 Å². The van der Waals surface area contributed by atoms with Crippen LogP contribution in [0.3, 0.4) is 0 Å². The van der Waals surface area contributed by atoms with Gasteiger partial charge >= 0.3 is 6.18 Å². The monoisotopic (exact) mass is 200 g/mol. The highest BCUT2D eigenvalue weighted by Crippen LogP contribution is 2.29. The van der Waals surface area contributed by atoms with Gasteiger partial charge in [-0.3, -0.25) is 4.98 Å². The smallest absolute Gasteiger partial charge is 0.259 e. The first kappa shape index (κ1) is 10.5. The topological polar surface area (TPSA) is 36.7 Å². The van der Waals surface area contributed by atoms with Crippen LogP contribution in [-0.2, 0) is 12.6 Å². The average Bonchev–Trinajstić information content (AvgIpc) is 2.15. The molecule has 0 spiro atoms. The Morgan fingerprint density at radius 1 is 1.50 bits per heavy atom. The maximum absolute atomic E-state index is 12.2. The summed E-state index contributed by atoms with van der Waals surface area (Å²) in [6.45, 7) is 1.73. The number of nitriles is 1. The molecule has 0 N–H and O–H groups in total. The molecule has 0 atom stereocenters. The van der Waals surface area contributed by atoms with Crippen molar-refractivity contribution in [2.75, 3.05) is 0 Å². The third kappa shape index (κ3) is 2.02. The van der Waals surface area contributed by atoms with Crippen LogP contribution in [0.1, 0.15) is 23.7 Å². The molecule has 0 unspecified atom stereocenters. The minimum absolute atomic E-state index is 0.0117. The minimum Gasteiger partial charge on any atom is -0.259 e. The van der Waals surface area contributed by atoms with Crippen molar-refractivity contribution in [1.29, 1.82) is 5.26 Å². The molecule has 1 heterocycles. The lowest BCUT2D eigenvalue weighted by Crippen LogP contribution is -2.07. The molecule has 1 rings (SSSR count). The summed E-state index contributed by atoms with van der Waals surface area (Å²) in [5.74, 6) is 0. The van der Waals surface area contributed by atoms with E-state index < -0.39 is 11.7 Å². The lowest BCUT2D eigenvalue weighted by atomic mass is 10.1. The molecule has 0 amide bonds. The molecule has 0 saturated carbocycles. The second-order valence-corrected chi connectivity index (χ2v) is 2.68. The van der Waals surface area contributed by atoms with Crippen molar-refractivity contribution in [1.82, 2.24) is 4.98 Å². The Bertz CT molecular complexity index is 377. The summed E-state index contributed by atoms with van der Waals surface area (Å²) in [6.07, 6.45) is -3.24. The summed E-state index contributed by atoms with van der Waals surface area (Å²) in [4.78, 5) is 3.59. The summed E-state index contributed by atoms with van der Waals surface area (Å²) < 4.78 is 36.6. The summed E-state index contributed by atoms with van der Waals surface area (Å²) in [7, 11) is 0. The highest BCUT2D eigenvalue weighted by atomic mass is 19.4. The van der Waals surface area contributed by atoms with Gasteiger partial charge in [-0.25, -0.2) is 0 Å². The number of aromatic nitrogens is 1. The lowest BCUT2D eigenvalue weighted by Gasteiger charge is -2.07. The fourth-order valence-electron chi connectivity index (χ4n) is 1.03. The van der Waals surface area contributed by atoms with E-state index in [9.17, 15) is 13.2 Å². The first-order valence-electron chi connectivity index (χ1n) is 3.95. The van der Waals surface area contributed by atoms with Crippen LogP contribution in [0.2, 0.25) is 0 Å². The molecule has 0 aliphatic rings. The van der Waals surface area contributed by atoms with Crippen molar-refractivity contribution < 1.29 is 13.2 Å². The molecule has 74 valence electrons. The SMILES string of the molecule is CCc1ncc(C(F)(F)F)cc1C#N. The number of pyridine rings is 1. The molecule has 0 radical (unpaired) electrons. The second-order valence-electron chi connectivity index (χ2n) is 2.68. The van der Waals surface area contributed by atoms with Crippen LogP contribution >= 0.6 is 0 Å². The number of aryl methyl sites for hydroxylation is 1. The van der Waals surface area contributed by atoms with Gasteiger partial charge < -0.3 is 0 Å². The molecule has 0 aliphatic carbocycles. The zero-order chi connectivity index (χ0) is 10.8. The highest BCUT2D eigenvalue weighted by Gasteiger charge is 2.31.